The Balaban J connectivity index is 1.68. The van der Waals surface area contributed by atoms with Crippen LogP contribution >= 0.6 is 0 Å². The van der Waals surface area contributed by atoms with Crippen molar-refractivity contribution in [2.45, 2.75) is 38.4 Å². The maximum Gasteiger partial charge on any atom is 0.240 e. The summed E-state index contributed by atoms with van der Waals surface area (Å²) in [6, 6.07) is -0.134. The average Bonchev–Trinajstić information content (AvgIpc) is 2.88. The Morgan fingerprint density at radius 1 is 1.45 bits per heavy atom. The molecule has 0 spiro atoms. The molecule has 1 saturated heterocycles. The molecule has 2 N–H and O–H groups in total. The number of hydrogen-bond donors (Lipinski definition) is 2. The average molecular weight is 277 g/mol. The van der Waals surface area contributed by atoms with Gasteiger partial charge in [-0.3, -0.25) is 15.0 Å². The van der Waals surface area contributed by atoms with Gasteiger partial charge in [0.05, 0.1) is 23.8 Å². The smallest absolute Gasteiger partial charge is 0.240 e. The van der Waals surface area contributed by atoms with Gasteiger partial charge < -0.3 is 9.88 Å². The second kappa shape index (κ2) is 4.86. The molecule has 0 aromatic carbocycles. The van der Waals surface area contributed by atoms with Crippen LogP contribution in [0.15, 0.2) is 6.33 Å². The van der Waals surface area contributed by atoms with Crippen molar-refractivity contribution >= 4 is 5.91 Å². The van der Waals surface area contributed by atoms with E-state index < -0.39 is 0 Å². The molecule has 0 aliphatic carbocycles. The Morgan fingerprint density at radius 3 is 3.00 bits per heavy atom. The third-order valence-corrected chi connectivity index (χ3v) is 4.66. The summed E-state index contributed by atoms with van der Waals surface area (Å²) in [6.07, 6.45) is 2.39. The number of imidazole rings is 1. The summed E-state index contributed by atoms with van der Waals surface area (Å²) in [6.45, 7) is 7.60. The Bertz CT molecular complexity index is 509. The summed E-state index contributed by atoms with van der Waals surface area (Å²) in [5.74, 6) is 0.208. The number of likely N-dealkylation sites (N-methyl/N-ethyl adjacent to an activating group) is 1. The molecule has 1 fully saturated rings. The summed E-state index contributed by atoms with van der Waals surface area (Å²) in [4.78, 5) is 24.4. The highest BCUT2D eigenvalue weighted by molar-refractivity contribution is 5.82. The molecule has 1 amide bonds. The van der Waals surface area contributed by atoms with Gasteiger partial charge in [-0.15, -0.1) is 0 Å². The molecule has 6 nitrogen and oxygen atoms in total. The number of carbonyl (C=O) groups is 1. The van der Waals surface area contributed by atoms with Crippen molar-refractivity contribution in [3.05, 3.63) is 17.7 Å². The molecule has 3 rings (SSSR count). The molecular formula is C14H23N5O. The normalized spacial score (nSPS) is 26.4. The summed E-state index contributed by atoms with van der Waals surface area (Å²) in [5.41, 5.74) is 2.17. The summed E-state index contributed by atoms with van der Waals surface area (Å²) in [5, 5.41) is 3.32. The van der Waals surface area contributed by atoms with Crippen molar-refractivity contribution in [1.29, 1.82) is 0 Å². The van der Waals surface area contributed by atoms with Crippen LogP contribution in [0.4, 0.5) is 0 Å². The van der Waals surface area contributed by atoms with Crippen LogP contribution in [0.2, 0.25) is 0 Å². The SMILES string of the molecule is CN1CCN(C(=O)C2Cc3nc[nH]c3CN2)CC1(C)C. The van der Waals surface area contributed by atoms with Gasteiger partial charge in [0, 0.05) is 38.1 Å². The van der Waals surface area contributed by atoms with Crippen LogP contribution in [0.25, 0.3) is 0 Å². The van der Waals surface area contributed by atoms with E-state index in [1.165, 1.54) is 0 Å². The van der Waals surface area contributed by atoms with Gasteiger partial charge in [0.15, 0.2) is 0 Å². The van der Waals surface area contributed by atoms with Crippen LogP contribution in [0.3, 0.4) is 0 Å². The number of carbonyl (C=O) groups excluding carboxylic acids is 1. The minimum absolute atomic E-state index is 0.0417. The van der Waals surface area contributed by atoms with E-state index in [0.717, 1.165) is 31.0 Å². The van der Waals surface area contributed by atoms with E-state index in [1.807, 2.05) is 4.90 Å². The molecule has 3 heterocycles. The predicted octanol–water partition coefficient (Wildman–Crippen LogP) is -0.0234. The van der Waals surface area contributed by atoms with Crippen molar-refractivity contribution < 1.29 is 4.79 Å². The third-order valence-electron chi connectivity index (χ3n) is 4.66. The van der Waals surface area contributed by atoms with Crippen LogP contribution in [0, 0.1) is 0 Å². The van der Waals surface area contributed by atoms with E-state index >= 15 is 0 Å². The van der Waals surface area contributed by atoms with E-state index in [1.54, 1.807) is 6.33 Å². The zero-order valence-electron chi connectivity index (χ0n) is 12.4. The van der Waals surface area contributed by atoms with Crippen molar-refractivity contribution in [1.82, 2.24) is 25.1 Å². The van der Waals surface area contributed by atoms with Crippen molar-refractivity contribution in [3.63, 3.8) is 0 Å². The molecule has 0 saturated carbocycles. The molecule has 1 atom stereocenters. The van der Waals surface area contributed by atoms with Gasteiger partial charge in [-0.25, -0.2) is 4.98 Å². The molecule has 0 bridgehead atoms. The van der Waals surface area contributed by atoms with Gasteiger partial charge >= 0.3 is 0 Å². The molecule has 2 aliphatic rings. The molecule has 0 radical (unpaired) electrons. The largest absolute Gasteiger partial charge is 0.347 e. The quantitative estimate of drug-likeness (QED) is 0.757. The number of H-pyrrole nitrogens is 1. The lowest BCUT2D eigenvalue weighted by Crippen LogP contribution is -2.62. The third kappa shape index (κ3) is 2.33. The lowest BCUT2D eigenvalue weighted by atomic mass is 9.97. The zero-order valence-corrected chi connectivity index (χ0v) is 12.4. The first-order valence-corrected chi connectivity index (χ1v) is 7.22. The van der Waals surface area contributed by atoms with Crippen LogP contribution in [0.1, 0.15) is 25.2 Å². The first-order valence-electron chi connectivity index (χ1n) is 7.22. The van der Waals surface area contributed by atoms with Gasteiger partial charge in [-0.05, 0) is 20.9 Å². The predicted molar refractivity (Wildman–Crippen MR) is 76.2 cm³/mol. The molecule has 1 unspecified atom stereocenters. The van der Waals surface area contributed by atoms with Crippen LogP contribution in [0.5, 0.6) is 0 Å². The maximum absolute atomic E-state index is 12.7. The Hall–Kier alpha value is -1.40. The lowest BCUT2D eigenvalue weighted by molar-refractivity contribution is -0.138. The Labute approximate surface area is 119 Å². The maximum atomic E-state index is 12.7. The summed E-state index contributed by atoms with van der Waals surface area (Å²) < 4.78 is 0. The lowest BCUT2D eigenvalue weighted by Gasteiger charge is -2.46. The number of hydrogen-bond acceptors (Lipinski definition) is 4. The van der Waals surface area contributed by atoms with E-state index in [0.29, 0.717) is 13.0 Å². The Morgan fingerprint density at radius 2 is 2.25 bits per heavy atom. The fraction of sp³-hybridized carbons (Fsp3) is 0.714. The summed E-state index contributed by atoms with van der Waals surface area (Å²) in [7, 11) is 2.12. The van der Waals surface area contributed by atoms with Crippen LogP contribution in [-0.2, 0) is 17.8 Å². The van der Waals surface area contributed by atoms with Gasteiger partial charge in [-0.2, -0.15) is 0 Å². The Kier molecular flexibility index (Phi) is 3.30. The first kappa shape index (κ1) is 13.6. The second-order valence-electron chi connectivity index (χ2n) is 6.46. The molecule has 1 aromatic rings. The van der Waals surface area contributed by atoms with E-state index in [4.69, 9.17) is 0 Å². The minimum Gasteiger partial charge on any atom is -0.347 e. The van der Waals surface area contributed by atoms with Crippen molar-refractivity contribution in [2.24, 2.45) is 0 Å². The second-order valence-corrected chi connectivity index (χ2v) is 6.46. The minimum atomic E-state index is -0.134. The van der Waals surface area contributed by atoms with Crippen LogP contribution < -0.4 is 5.32 Å². The van der Waals surface area contributed by atoms with Gasteiger partial charge in [-0.1, -0.05) is 0 Å². The van der Waals surface area contributed by atoms with Crippen LogP contribution in [-0.4, -0.2) is 63.9 Å². The number of nitrogens with zero attached hydrogens (tertiary/aromatic N) is 3. The molecule has 110 valence electrons. The number of piperazine rings is 1. The highest BCUT2D eigenvalue weighted by Gasteiger charge is 2.36. The molecular weight excluding hydrogens is 254 g/mol. The summed E-state index contributed by atoms with van der Waals surface area (Å²) >= 11 is 0. The zero-order chi connectivity index (χ0) is 14.3. The number of fused-ring (bicyclic) bond motifs is 1. The van der Waals surface area contributed by atoms with Crippen molar-refractivity contribution in [2.75, 3.05) is 26.7 Å². The number of amides is 1. The number of rotatable bonds is 1. The van der Waals surface area contributed by atoms with E-state index in [9.17, 15) is 4.79 Å². The monoisotopic (exact) mass is 277 g/mol. The van der Waals surface area contributed by atoms with Gasteiger partial charge in [0.25, 0.3) is 0 Å². The fourth-order valence-electron chi connectivity index (χ4n) is 2.99. The topological polar surface area (TPSA) is 64.3 Å². The number of nitrogens with one attached hydrogen (secondary N) is 2. The standard InChI is InChI=1S/C14H23N5O/c1-14(2)8-19(5-4-18(14)3)13(20)11-6-10-12(7-15-11)17-9-16-10/h9,11,15H,4-8H2,1-3H3,(H,16,17). The molecule has 20 heavy (non-hydrogen) atoms. The van der Waals surface area contributed by atoms with Gasteiger partial charge in [0.1, 0.15) is 0 Å². The fourth-order valence-corrected chi connectivity index (χ4v) is 2.99. The highest BCUT2D eigenvalue weighted by atomic mass is 16.2. The number of aromatic amines is 1. The van der Waals surface area contributed by atoms with Crippen molar-refractivity contribution in [3.8, 4) is 0 Å². The molecule has 1 aromatic heterocycles. The molecule has 6 heteroatoms. The number of aromatic nitrogens is 2. The van der Waals surface area contributed by atoms with E-state index in [2.05, 4.69) is 41.1 Å². The van der Waals surface area contributed by atoms with Gasteiger partial charge in [0.2, 0.25) is 5.91 Å². The first-order chi connectivity index (χ1) is 9.47. The van der Waals surface area contributed by atoms with E-state index in [-0.39, 0.29) is 17.5 Å². The highest BCUT2D eigenvalue weighted by Crippen LogP contribution is 2.21. The molecule has 2 aliphatic heterocycles.